The third-order valence-corrected chi connectivity index (χ3v) is 3.64. The molecule has 1 aliphatic rings. The summed E-state index contributed by atoms with van der Waals surface area (Å²) in [6.45, 7) is 3.32. The monoisotopic (exact) mass is 264 g/mol. The van der Waals surface area contributed by atoms with Crippen molar-refractivity contribution in [1.82, 2.24) is 0 Å². The number of benzene rings is 2. The zero-order valence-electron chi connectivity index (χ0n) is 11.6. The third-order valence-electron chi connectivity index (χ3n) is 3.64. The zero-order valence-corrected chi connectivity index (χ0v) is 11.6. The maximum atomic E-state index is 6.04. The Labute approximate surface area is 121 Å². The summed E-state index contributed by atoms with van der Waals surface area (Å²) in [4.78, 5) is 0. The first-order valence-electron chi connectivity index (χ1n) is 6.90. The molecule has 0 atom stereocenters. The van der Waals surface area contributed by atoms with E-state index in [1.54, 1.807) is 0 Å². The van der Waals surface area contributed by atoms with Gasteiger partial charge in [0.1, 0.15) is 7.85 Å². The van der Waals surface area contributed by atoms with Gasteiger partial charge in [-0.2, -0.15) is 0 Å². The molecular weight excluding hydrogens is 247 g/mol. The first-order valence-corrected chi connectivity index (χ1v) is 6.90. The van der Waals surface area contributed by atoms with E-state index in [1.807, 2.05) is 19.1 Å². The Bertz CT molecular complexity index is 589. The van der Waals surface area contributed by atoms with Crippen molar-refractivity contribution in [2.75, 3.05) is 13.2 Å². The van der Waals surface area contributed by atoms with Crippen LogP contribution in [0.3, 0.4) is 0 Å². The summed E-state index contributed by atoms with van der Waals surface area (Å²) in [7, 11) is 6.04. The number of ether oxygens (including phenoxy) is 2. The molecule has 100 valence electrons. The summed E-state index contributed by atoms with van der Waals surface area (Å²) in [6, 6.07) is 14.5. The maximum Gasteiger partial charge on any atom is 0.184 e. The van der Waals surface area contributed by atoms with E-state index in [0.29, 0.717) is 13.2 Å². The molecule has 1 aliphatic heterocycles. The van der Waals surface area contributed by atoms with Gasteiger partial charge in [0.2, 0.25) is 0 Å². The number of hydrogen-bond acceptors (Lipinski definition) is 2. The van der Waals surface area contributed by atoms with Crippen LogP contribution in [0.25, 0.3) is 0 Å². The first kappa shape index (κ1) is 13.4. The Morgan fingerprint density at radius 2 is 1.80 bits per heavy atom. The quantitative estimate of drug-likeness (QED) is 0.793. The fourth-order valence-corrected chi connectivity index (χ4v) is 2.53. The predicted molar refractivity (Wildman–Crippen MR) is 80.5 cm³/mol. The van der Waals surface area contributed by atoms with Gasteiger partial charge in [0, 0.05) is 5.56 Å². The van der Waals surface area contributed by atoms with Crippen LogP contribution in [0.15, 0.2) is 42.5 Å². The lowest BCUT2D eigenvalue weighted by molar-refractivity contribution is -0.0446. The van der Waals surface area contributed by atoms with Crippen LogP contribution in [-0.4, -0.2) is 21.1 Å². The van der Waals surface area contributed by atoms with E-state index in [0.717, 1.165) is 23.0 Å². The van der Waals surface area contributed by atoms with Gasteiger partial charge in [-0.3, -0.25) is 0 Å². The number of aryl methyl sites for hydroxylation is 1. The predicted octanol–water partition coefficient (Wildman–Crippen LogP) is 2.43. The lowest BCUT2D eigenvalue weighted by atomic mass is 9.85. The number of hydrogen-bond donors (Lipinski definition) is 0. The summed E-state index contributed by atoms with van der Waals surface area (Å²) < 4.78 is 11.3. The molecule has 3 rings (SSSR count). The zero-order chi connectivity index (χ0) is 13.9. The standard InChI is InChI=1S/C17H17BO2/c1-12-9-14(10-13-5-3-2-4-6-13)15(11-16(12)18)17-19-7-8-20-17/h2-6,9,11,17H,7-8,10H2,1H3. The van der Waals surface area contributed by atoms with Crippen LogP contribution in [0, 0.1) is 6.92 Å². The van der Waals surface area contributed by atoms with Crippen LogP contribution in [0.5, 0.6) is 0 Å². The van der Waals surface area contributed by atoms with Gasteiger partial charge in [-0.1, -0.05) is 53.5 Å². The minimum absolute atomic E-state index is 0.281. The number of rotatable bonds is 3. The van der Waals surface area contributed by atoms with Crippen LogP contribution in [-0.2, 0) is 15.9 Å². The summed E-state index contributed by atoms with van der Waals surface area (Å²) in [5.41, 5.74) is 5.42. The molecule has 0 amide bonds. The molecule has 2 aromatic carbocycles. The molecular formula is C17H17BO2. The Kier molecular flexibility index (Phi) is 3.90. The fraction of sp³-hybridized carbons (Fsp3) is 0.294. The van der Waals surface area contributed by atoms with Crippen molar-refractivity contribution in [2.45, 2.75) is 19.6 Å². The molecule has 0 bridgehead atoms. The van der Waals surface area contributed by atoms with Gasteiger partial charge in [-0.25, -0.2) is 0 Å². The highest BCUT2D eigenvalue weighted by atomic mass is 16.7. The van der Waals surface area contributed by atoms with Gasteiger partial charge in [-0.05, 0) is 24.5 Å². The highest BCUT2D eigenvalue weighted by molar-refractivity contribution is 6.33. The molecule has 3 heteroatoms. The second kappa shape index (κ2) is 5.82. The summed E-state index contributed by atoms with van der Waals surface area (Å²) >= 11 is 0. The summed E-state index contributed by atoms with van der Waals surface area (Å²) in [5, 5.41) is 0. The van der Waals surface area contributed by atoms with Crippen LogP contribution >= 0.6 is 0 Å². The van der Waals surface area contributed by atoms with Crippen molar-refractivity contribution in [3.63, 3.8) is 0 Å². The minimum Gasteiger partial charge on any atom is -0.346 e. The van der Waals surface area contributed by atoms with Gasteiger partial charge >= 0.3 is 0 Å². The molecule has 1 heterocycles. The minimum atomic E-state index is -0.281. The van der Waals surface area contributed by atoms with Gasteiger partial charge < -0.3 is 9.47 Å². The van der Waals surface area contributed by atoms with Crippen molar-refractivity contribution < 1.29 is 9.47 Å². The van der Waals surface area contributed by atoms with Crippen molar-refractivity contribution in [2.24, 2.45) is 0 Å². The van der Waals surface area contributed by atoms with E-state index in [2.05, 4.69) is 30.3 Å². The van der Waals surface area contributed by atoms with E-state index in [-0.39, 0.29) is 6.29 Å². The van der Waals surface area contributed by atoms with E-state index in [4.69, 9.17) is 17.3 Å². The van der Waals surface area contributed by atoms with E-state index < -0.39 is 0 Å². The molecule has 0 saturated carbocycles. The van der Waals surface area contributed by atoms with Crippen LogP contribution in [0.2, 0.25) is 0 Å². The van der Waals surface area contributed by atoms with Crippen molar-refractivity contribution in [1.29, 1.82) is 0 Å². The molecule has 20 heavy (non-hydrogen) atoms. The molecule has 2 radical (unpaired) electrons. The van der Waals surface area contributed by atoms with E-state index in [1.165, 1.54) is 11.1 Å². The van der Waals surface area contributed by atoms with E-state index >= 15 is 0 Å². The topological polar surface area (TPSA) is 18.5 Å². The smallest absolute Gasteiger partial charge is 0.184 e. The molecule has 0 unspecified atom stereocenters. The third kappa shape index (κ3) is 2.79. The molecule has 0 spiro atoms. The molecule has 0 N–H and O–H groups in total. The lowest BCUT2D eigenvalue weighted by Gasteiger charge is -2.17. The Morgan fingerprint density at radius 3 is 2.50 bits per heavy atom. The van der Waals surface area contributed by atoms with Crippen LogP contribution < -0.4 is 5.46 Å². The molecule has 1 saturated heterocycles. The SMILES string of the molecule is [B]c1cc(C2OCCO2)c(Cc2ccccc2)cc1C. The average Bonchev–Trinajstić information content (AvgIpc) is 2.98. The van der Waals surface area contributed by atoms with Gasteiger partial charge in [0.15, 0.2) is 6.29 Å². The highest BCUT2D eigenvalue weighted by Gasteiger charge is 2.21. The lowest BCUT2D eigenvalue weighted by Crippen LogP contribution is -2.14. The molecule has 2 nitrogen and oxygen atoms in total. The molecule has 0 aromatic heterocycles. The summed E-state index contributed by atoms with van der Waals surface area (Å²) in [6.07, 6.45) is 0.581. The Balaban J connectivity index is 1.97. The van der Waals surface area contributed by atoms with Gasteiger partial charge in [0.05, 0.1) is 13.2 Å². The molecule has 2 aromatic rings. The van der Waals surface area contributed by atoms with Crippen molar-refractivity contribution in [3.8, 4) is 0 Å². The maximum absolute atomic E-state index is 6.04. The second-order valence-corrected chi connectivity index (χ2v) is 5.14. The molecule has 0 aliphatic carbocycles. The van der Waals surface area contributed by atoms with Crippen LogP contribution in [0.4, 0.5) is 0 Å². The first-order chi connectivity index (χ1) is 9.74. The van der Waals surface area contributed by atoms with Crippen molar-refractivity contribution >= 4 is 13.3 Å². The van der Waals surface area contributed by atoms with E-state index in [9.17, 15) is 0 Å². The van der Waals surface area contributed by atoms with Crippen LogP contribution in [0.1, 0.15) is 28.5 Å². The Morgan fingerprint density at radius 1 is 1.10 bits per heavy atom. The normalized spacial score (nSPS) is 15.7. The van der Waals surface area contributed by atoms with Gasteiger partial charge in [-0.15, -0.1) is 0 Å². The van der Waals surface area contributed by atoms with Gasteiger partial charge in [0.25, 0.3) is 0 Å². The fourth-order valence-electron chi connectivity index (χ4n) is 2.53. The Hall–Kier alpha value is -1.58. The average molecular weight is 264 g/mol. The second-order valence-electron chi connectivity index (χ2n) is 5.14. The highest BCUT2D eigenvalue weighted by Crippen LogP contribution is 2.27. The summed E-state index contributed by atoms with van der Waals surface area (Å²) in [5.74, 6) is 0. The largest absolute Gasteiger partial charge is 0.346 e. The van der Waals surface area contributed by atoms with Crippen molar-refractivity contribution in [3.05, 3.63) is 64.7 Å². The molecule has 1 fully saturated rings.